The maximum Gasteiger partial charge on any atom is 0.0540 e. The number of rotatable bonds is 5. The van der Waals surface area contributed by atoms with Crippen molar-refractivity contribution in [2.75, 3.05) is 4.90 Å². The molecule has 0 aliphatic heterocycles. The predicted molar refractivity (Wildman–Crippen MR) is 222 cm³/mol. The molecule has 0 saturated carbocycles. The van der Waals surface area contributed by atoms with Crippen LogP contribution in [0.4, 0.5) is 17.1 Å². The van der Waals surface area contributed by atoms with Crippen LogP contribution in [0.5, 0.6) is 0 Å². The summed E-state index contributed by atoms with van der Waals surface area (Å²) in [5.41, 5.74) is 13.8. The van der Waals surface area contributed by atoms with E-state index in [4.69, 9.17) is 0 Å². The lowest BCUT2D eigenvalue weighted by atomic mass is 9.79. The number of hydrogen-bond donors (Lipinski definition) is 0. The number of hydrogen-bond acceptors (Lipinski definition) is 1. The fourth-order valence-corrected chi connectivity index (χ4v) is 8.92. The normalized spacial score (nSPS) is 13.0. The highest BCUT2D eigenvalue weighted by Gasteiger charge is 2.38. The first-order valence-electron chi connectivity index (χ1n) is 18.2. The third-order valence-electron chi connectivity index (χ3n) is 11.2. The molecule has 1 aliphatic rings. The van der Waals surface area contributed by atoms with Crippen molar-refractivity contribution in [3.05, 3.63) is 199 Å². The lowest BCUT2D eigenvalue weighted by molar-refractivity contribution is 0.666. The third-order valence-corrected chi connectivity index (χ3v) is 11.2. The molecule has 0 saturated heterocycles. The van der Waals surface area contributed by atoms with Crippen molar-refractivity contribution in [3.63, 3.8) is 0 Å². The van der Waals surface area contributed by atoms with Gasteiger partial charge in [-0.2, -0.15) is 0 Å². The first-order chi connectivity index (χ1) is 25.6. The number of anilines is 3. The van der Waals surface area contributed by atoms with Crippen LogP contribution in [0.25, 0.3) is 65.7 Å². The van der Waals surface area contributed by atoms with E-state index in [-0.39, 0.29) is 5.41 Å². The summed E-state index contributed by atoms with van der Waals surface area (Å²) in [6, 6.07) is 69.0. The van der Waals surface area contributed by atoms with Gasteiger partial charge < -0.3 is 4.90 Å². The minimum atomic E-state index is -0.117. The smallest absolute Gasteiger partial charge is 0.0540 e. The molecule has 52 heavy (non-hydrogen) atoms. The maximum absolute atomic E-state index is 2.45. The van der Waals surface area contributed by atoms with Gasteiger partial charge >= 0.3 is 0 Å². The van der Waals surface area contributed by atoms with Crippen molar-refractivity contribution >= 4 is 49.4 Å². The molecule has 1 heteroatoms. The third kappa shape index (κ3) is 4.56. The average Bonchev–Trinajstić information content (AvgIpc) is 3.45. The van der Waals surface area contributed by atoms with E-state index in [1.807, 2.05) is 0 Å². The maximum atomic E-state index is 2.45. The van der Waals surface area contributed by atoms with Crippen molar-refractivity contribution in [1.29, 1.82) is 0 Å². The fourth-order valence-electron chi connectivity index (χ4n) is 8.92. The van der Waals surface area contributed by atoms with Crippen LogP contribution < -0.4 is 4.90 Å². The molecule has 0 radical (unpaired) electrons. The first kappa shape index (κ1) is 30.4. The molecule has 9 aromatic rings. The van der Waals surface area contributed by atoms with Gasteiger partial charge in [0.1, 0.15) is 0 Å². The van der Waals surface area contributed by atoms with E-state index in [9.17, 15) is 0 Å². The molecule has 0 fully saturated rings. The highest BCUT2D eigenvalue weighted by atomic mass is 15.1. The Labute approximate surface area is 305 Å². The topological polar surface area (TPSA) is 3.24 Å². The Bertz CT molecular complexity index is 2810. The number of para-hydroxylation sites is 1. The van der Waals surface area contributed by atoms with Gasteiger partial charge in [-0.3, -0.25) is 0 Å². The minimum absolute atomic E-state index is 0.117. The molecule has 0 spiro atoms. The second kappa shape index (κ2) is 11.8. The molecule has 0 unspecified atom stereocenters. The Morgan fingerprint density at radius 1 is 0.385 bits per heavy atom. The lowest BCUT2D eigenvalue weighted by Crippen LogP contribution is -2.15. The summed E-state index contributed by atoms with van der Waals surface area (Å²) >= 11 is 0. The molecule has 0 aromatic heterocycles. The lowest BCUT2D eigenvalue weighted by Gasteiger charge is -2.29. The molecular formula is C51H37N. The Balaban J connectivity index is 1.25. The summed E-state index contributed by atoms with van der Waals surface area (Å²) in [4.78, 5) is 2.45. The van der Waals surface area contributed by atoms with E-state index in [0.29, 0.717) is 0 Å². The van der Waals surface area contributed by atoms with Crippen LogP contribution in [0.2, 0.25) is 0 Å². The van der Waals surface area contributed by atoms with Crippen molar-refractivity contribution in [1.82, 2.24) is 0 Å². The van der Waals surface area contributed by atoms with Crippen LogP contribution in [0.3, 0.4) is 0 Å². The van der Waals surface area contributed by atoms with Gasteiger partial charge in [-0.25, -0.2) is 0 Å². The van der Waals surface area contributed by atoms with Gasteiger partial charge in [0.05, 0.1) is 11.4 Å². The molecule has 0 N–H and O–H groups in total. The average molecular weight is 664 g/mol. The standard InChI is InChI=1S/C51H37N/c1-51(2)46-28-16-15-27-44(46)49-45(33-35-19-9-10-22-38(35)50(49)51)41-30-32-48(43-26-14-12-24-40(41)43)52(36-20-7-4-8-21-36)47-31-29-37(34-17-5-3-6-18-34)39-23-11-13-25-42(39)47/h3-33H,1-2H3. The quantitative estimate of drug-likeness (QED) is 0.177. The van der Waals surface area contributed by atoms with Gasteiger partial charge in [0.25, 0.3) is 0 Å². The molecule has 10 rings (SSSR count). The predicted octanol–water partition coefficient (Wildman–Crippen LogP) is 14.3. The van der Waals surface area contributed by atoms with E-state index in [1.165, 1.54) is 76.8 Å². The minimum Gasteiger partial charge on any atom is -0.309 e. The monoisotopic (exact) mass is 663 g/mol. The zero-order chi connectivity index (χ0) is 34.8. The van der Waals surface area contributed by atoms with Crippen molar-refractivity contribution < 1.29 is 0 Å². The first-order valence-corrected chi connectivity index (χ1v) is 18.2. The summed E-state index contributed by atoms with van der Waals surface area (Å²) in [6.07, 6.45) is 0. The van der Waals surface area contributed by atoms with Crippen LogP contribution >= 0.6 is 0 Å². The molecule has 0 atom stereocenters. The second-order valence-electron chi connectivity index (χ2n) is 14.5. The van der Waals surface area contributed by atoms with Crippen LogP contribution in [-0.4, -0.2) is 0 Å². The summed E-state index contributed by atoms with van der Waals surface area (Å²) < 4.78 is 0. The van der Waals surface area contributed by atoms with Gasteiger partial charge in [0.2, 0.25) is 0 Å². The number of benzene rings is 9. The van der Waals surface area contributed by atoms with Crippen LogP contribution in [0.1, 0.15) is 25.0 Å². The Kier molecular flexibility index (Phi) is 6.91. The second-order valence-corrected chi connectivity index (χ2v) is 14.5. The van der Waals surface area contributed by atoms with E-state index in [1.54, 1.807) is 0 Å². The number of nitrogens with zero attached hydrogens (tertiary/aromatic N) is 1. The summed E-state index contributed by atoms with van der Waals surface area (Å²) in [5, 5.41) is 7.53. The fraction of sp³-hybridized carbons (Fsp3) is 0.0588. The molecule has 1 nitrogen and oxygen atoms in total. The highest BCUT2D eigenvalue weighted by molar-refractivity contribution is 6.14. The van der Waals surface area contributed by atoms with Crippen LogP contribution in [0, 0.1) is 0 Å². The molecule has 246 valence electrons. The van der Waals surface area contributed by atoms with E-state index in [0.717, 1.165) is 17.1 Å². The van der Waals surface area contributed by atoms with E-state index < -0.39 is 0 Å². The Hall–Kier alpha value is -6.44. The van der Waals surface area contributed by atoms with Crippen molar-refractivity contribution in [2.45, 2.75) is 19.3 Å². The zero-order valence-corrected chi connectivity index (χ0v) is 29.3. The molecule has 9 aromatic carbocycles. The largest absolute Gasteiger partial charge is 0.309 e. The SMILES string of the molecule is CC1(C)c2ccccc2-c2c(-c3ccc(N(c4ccccc4)c4ccc(-c5ccccc5)c5ccccc45)c4ccccc34)cc3ccccc3c21. The Morgan fingerprint density at radius 3 is 1.60 bits per heavy atom. The Morgan fingerprint density at radius 2 is 0.904 bits per heavy atom. The number of fused-ring (bicyclic) bond motifs is 7. The molecule has 0 amide bonds. The molecule has 0 bridgehead atoms. The van der Waals surface area contributed by atoms with E-state index in [2.05, 4.69) is 207 Å². The highest BCUT2D eigenvalue weighted by Crippen LogP contribution is 2.56. The van der Waals surface area contributed by atoms with Crippen LogP contribution in [0.15, 0.2) is 188 Å². The molecular weight excluding hydrogens is 627 g/mol. The van der Waals surface area contributed by atoms with Crippen LogP contribution in [-0.2, 0) is 5.41 Å². The summed E-state index contributed by atoms with van der Waals surface area (Å²) in [7, 11) is 0. The molecule has 1 aliphatic carbocycles. The van der Waals surface area contributed by atoms with E-state index >= 15 is 0 Å². The zero-order valence-electron chi connectivity index (χ0n) is 29.3. The van der Waals surface area contributed by atoms with Crippen molar-refractivity contribution in [3.8, 4) is 33.4 Å². The summed E-state index contributed by atoms with van der Waals surface area (Å²) in [6.45, 7) is 4.78. The van der Waals surface area contributed by atoms with Gasteiger partial charge in [-0.05, 0) is 96.4 Å². The van der Waals surface area contributed by atoms with Gasteiger partial charge in [-0.1, -0.05) is 172 Å². The van der Waals surface area contributed by atoms with Crippen molar-refractivity contribution in [2.24, 2.45) is 0 Å². The van der Waals surface area contributed by atoms with Gasteiger partial charge in [0.15, 0.2) is 0 Å². The van der Waals surface area contributed by atoms with Gasteiger partial charge in [-0.15, -0.1) is 0 Å². The van der Waals surface area contributed by atoms with Gasteiger partial charge in [0, 0.05) is 21.9 Å². The molecule has 0 heterocycles. The summed E-state index contributed by atoms with van der Waals surface area (Å²) in [5.74, 6) is 0.